The first-order chi connectivity index (χ1) is 11.7. The van der Waals surface area contributed by atoms with Crippen LogP contribution >= 0.6 is 11.6 Å². The average molecular weight is 344 g/mol. The van der Waals surface area contributed by atoms with Crippen LogP contribution in [0.5, 0.6) is 0 Å². The molecular formula is C19H18ClNO3. The fourth-order valence-electron chi connectivity index (χ4n) is 3.78. The van der Waals surface area contributed by atoms with Gasteiger partial charge in [-0.15, -0.1) is 0 Å². The molecule has 4 rings (SSSR count). The van der Waals surface area contributed by atoms with E-state index in [9.17, 15) is 4.79 Å². The predicted molar refractivity (Wildman–Crippen MR) is 92.4 cm³/mol. The second kappa shape index (κ2) is 6.11. The summed E-state index contributed by atoms with van der Waals surface area (Å²) < 4.78 is 10.9. The van der Waals surface area contributed by atoms with Crippen molar-refractivity contribution in [1.29, 1.82) is 0 Å². The molecule has 2 aromatic carbocycles. The van der Waals surface area contributed by atoms with Crippen molar-refractivity contribution < 1.29 is 14.3 Å². The average Bonchev–Trinajstić information content (AvgIpc) is 3.10. The number of nitrogens with one attached hydrogen (secondary N) is 1. The Morgan fingerprint density at radius 1 is 1.25 bits per heavy atom. The molecule has 3 atom stereocenters. The zero-order valence-corrected chi connectivity index (χ0v) is 14.0. The molecule has 24 heavy (non-hydrogen) atoms. The van der Waals surface area contributed by atoms with Crippen LogP contribution in [0.4, 0.5) is 5.69 Å². The number of anilines is 1. The standard InChI is InChI=1S/C19H18ClNO3/c1-23-19(22)15-4-2-3-13-17(15)21-16(14-9-10-24-18(13)14)11-5-7-12(20)8-6-11/h2-8,14,16,18,21H,9-10H2,1H3/t14-,16+,18+/m1/s1. The Labute approximate surface area is 145 Å². The molecule has 0 spiro atoms. The number of halogens is 1. The Balaban J connectivity index is 1.81. The molecule has 2 aliphatic heterocycles. The van der Waals surface area contributed by atoms with Gasteiger partial charge in [-0.3, -0.25) is 0 Å². The summed E-state index contributed by atoms with van der Waals surface area (Å²) in [5.74, 6) is -0.0165. The molecule has 2 aliphatic rings. The summed E-state index contributed by atoms with van der Waals surface area (Å²) in [4.78, 5) is 12.1. The summed E-state index contributed by atoms with van der Waals surface area (Å²) in [5.41, 5.74) is 3.53. The minimum Gasteiger partial charge on any atom is -0.465 e. The molecule has 0 aliphatic carbocycles. The summed E-state index contributed by atoms with van der Waals surface area (Å²) in [6.45, 7) is 0.725. The Morgan fingerprint density at radius 2 is 2.04 bits per heavy atom. The van der Waals surface area contributed by atoms with Crippen molar-refractivity contribution in [3.8, 4) is 0 Å². The molecule has 0 aromatic heterocycles. The zero-order chi connectivity index (χ0) is 16.7. The highest BCUT2D eigenvalue weighted by Crippen LogP contribution is 2.50. The topological polar surface area (TPSA) is 47.6 Å². The first kappa shape index (κ1) is 15.5. The fraction of sp³-hybridized carbons (Fsp3) is 0.316. The van der Waals surface area contributed by atoms with Crippen LogP contribution in [0.1, 0.15) is 40.1 Å². The number of methoxy groups -OCH3 is 1. The van der Waals surface area contributed by atoms with Gasteiger partial charge in [0.1, 0.15) is 0 Å². The highest BCUT2D eigenvalue weighted by Gasteiger charge is 2.42. The summed E-state index contributed by atoms with van der Waals surface area (Å²) in [7, 11) is 1.40. The molecule has 5 heteroatoms. The van der Waals surface area contributed by atoms with Gasteiger partial charge in [0.2, 0.25) is 0 Å². The molecule has 0 bridgehead atoms. The van der Waals surface area contributed by atoms with Gasteiger partial charge in [-0.2, -0.15) is 0 Å². The van der Waals surface area contributed by atoms with E-state index in [0.717, 1.165) is 29.8 Å². The lowest BCUT2D eigenvalue weighted by atomic mass is 9.80. The van der Waals surface area contributed by atoms with Crippen LogP contribution < -0.4 is 5.32 Å². The molecule has 2 heterocycles. The van der Waals surface area contributed by atoms with Crippen LogP contribution in [0.25, 0.3) is 0 Å². The Hall–Kier alpha value is -2.04. The van der Waals surface area contributed by atoms with Crippen molar-refractivity contribution in [1.82, 2.24) is 0 Å². The van der Waals surface area contributed by atoms with Gasteiger partial charge in [0.15, 0.2) is 0 Å². The number of ether oxygens (including phenoxy) is 2. The highest BCUT2D eigenvalue weighted by molar-refractivity contribution is 6.30. The Bertz CT molecular complexity index is 775. The van der Waals surface area contributed by atoms with Gasteiger partial charge < -0.3 is 14.8 Å². The molecule has 2 aromatic rings. The lowest BCUT2D eigenvalue weighted by molar-refractivity contribution is 0.0598. The second-order valence-electron chi connectivity index (χ2n) is 6.18. The number of carbonyl (C=O) groups is 1. The fourth-order valence-corrected chi connectivity index (χ4v) is 3.91. The van der Waals surface area contributed by atoms with E-state index in [1.54, 1.807) is 6.07 Å². The summed E-state index contributed by atoms with van der Waals surface area (Å²) in [6, 6.07) is 13.6. The highest BCUT2D eigenvalue weighted by atomic mass is 35.5. The van der Waals surface area contributed by atoms with Crippen molar-refractivity contribution in [3.05, 3.63) is 64.2 Å². The number of carbonyl (C=O) groups excluding carboxylic acids is 1. The van der Waals surface area contributed by atoms with E-state index < -0.39 is 0 Å². The Morgan fingerprint density at radius 3 is 2.79 bits per heavy atom. The first-order valence-electron chi connectivity index (χ1n) is 8.04. The van der Waals surface area contributed by atoms with E-state index >= 15 is 0 Å². The van der Waals surface area contributed by atoms with Crippen molar-refractivity contribution in [2.75, 3.05) is 19.0 Å². The SMILES string of the molecule is COC(=O)c1cccc2c1N[C@@H](c1ccc(Cl)cc1)[C@H]1CCO[C@@H]21. The van der Waals surface area contributed by atoms with E-state index in [4.69, 9.17) is 21.1 Å². The van der Waals surface area contributed by atoms with Gasteiger partial charge in [-0.05, 0) is 30.2 Å². The quantitative estimate of drug-likeness (QED) is 0.822. The van der Waals surface area contributed by atoms with Crippen molar-refractivity contribution in [2.45, 2.75) is 18.6 Å². The number of hydrogen-bond acceptors (Lipinski definition) is 4. The zero-order valence-electron chi connectivity index (χ0n) is 13.3. The van der Waals surface area contributed by atoms with E-state index in [-0.39, 0.29) is 18.1 Å². The molecule has 0 radical (unpaired) electrons. The Kier molecular flexibility index (Phi) is 3.94. The molecule has 1 fully saturated rings. The molecule has 1 saturated heterocycles. The van der Waals surface area contributed by atoms with Gasteiger partial charge in [0, 0.05) is 23.1 Å². The molecule has 124 valence electrons. The third-order valence-corrected chi connectivity index (χ3v) is 5.16. The minimum atomic E-state index is -0.342. The van der Waals surface area contributed by atoms with Crippen molar-refractivity contribution in [3.63, 3.8) is 0 Å². The third-order valence-electron chi connectivity index (χ3n) is 4.90. The largest absolute Gasteiger partial charge is 0.465 e. The number of hydrogen-bond donors (Lipinski definition) is 1. The normalized spacial score (nSPS) is 24.7. The van der Waals surface area contributed by atoms with Gasteiger partial charge in [0.05, 0.1) is 30.5 Å². The van der Waals surface area contributed by atoms with Gasteiger partial charge >= 0.3 is 5.97 Å². The van der Waals surface area contributed by atoms with E-state index in [2.05, 4.69) is 5.32 Å². The van der Waals surface area contributed by atoms with Crippen LogP contribution in [0, 0.1) is 5.92 Å². The number of fused-ring (bicyclic) bond motifs is 3. The summed E-state index contributed by atoms with van der Waals surface area (Å²) >= 11 is 6.02. The van der Waals surface area contributed by atoms with Crippen LogP contribution in [0.15, 0.2) is 42.5 Å². The van der Waals surface area contributed by atoms with Gasteiger partial charge in [-0.1, -0.05) is 35.9 Å². The third kappa shape index (κ3) is 2.46. The monoisotopic (exact) mass is 343 g/mol. The van der Waals surface area contributed by atoms with E-state index in [0.29, 0.717) is 16.5 Å². The second-order valence-corrected chi connectivity index (χ2v) is 6.62. The molecule has 0 amide bonds. The maximum atomic E-state index is 12.1. The van der Waals surface area contributed by atoms with Crippen LogP contribution in [-0.4, -0.2) is 19.7 Å². The van der Waals surface area contributed by atoms with Gasteiger partial charge in [0.25, 0.3) is 0 Å². The smallest absolute Gasteiger partial charge is 0.339 e. The number of benzene rings is 2. The molecule has 0 saturated carbocycles. The molecule has 0 unspecified atom stereocenters. The number of esters is 1. The van der Waals surface area contributed by atoms with Gasteiger partial charge in [-0.25, -0.2) is 4.79 Å². The number of para-hydroxylation sites is 1. The lowest BCUT2D eigenvalue weighted by Crippen LogP contribution is -2.30. The maximum Gasteiger partial charge on any atom is 0.339 e. The van der Waals surface area contributed by atoms with E-state index in [1.165, 1.54) is 7.11 Å². The lowest BCUT2D eigenvalue weighted by Gasteiger charge is -2.37. The van der Waals surface area contributed by atoms with Crippen LogP contribution in [0.2, 0.25) is 5.02 Å². The summed E-state index contributed by atoms with van der Waals surface area (Å²) in [6.07, 6.45) is 0.971. The maximum absolute atomic E-state index is 12.1. The van der Waals surface area contributed by atoms with E-state index in [1.807, 2.05) is 36.4 Å². The summed E-state index contributed by atoms with van der Waals surface area (Å²) in [5, 5.41) is 4.28. The van der Waals surface area contributed by atoms with Crippen molar-refractivity contribution in [2.24, 2.45) is 5.92 Å². The predicted octanol–water partition coefficient (Wildman–Crippen LogP) is 4.37. The molecule has 1 N–H and O–H groups in total. The molecular weight excluding hydrogens is 326 g/mol. The minimum absolute atomic E-state index is 0.00784. The van der Waals surface area contributed by atoms with Crippen LogP contribution in [-0.2, 0) is 9.47 Å². The number of rotatable bonds is 2. The van der Waals surface area contributed by atoms with Crippen LogP contribution in [0.3, 0.4) is 0 Å². The first-order valence-corrected chi connectivity index (χ1v) is 8.41. The van der Waals surface area contributed by atoms with Crippen molar-refractivity contribution >= 4 is 23.3 Å². The molecule has 4 nitrogen and oxygen atoms in total.